The van der Waals surface area contributed by atoms with E-state index in [1.54, 1.807) is 31.2 Å². The molecule has 0 aliphatic carbocycles. The molecule has 0 heterocycles. The summed E-state index contributed by atoms with van der Waals surface area (Å²) in [6, 6.07) is 13.6. The number of aryl methyl sites for hydroxylation is 1. The molecule has 180 valence electrons. The molecule has 2 aromatic carbocycles. The molecule has 0 radical (unpaired) electrons. The van der Waals surface area contributed by atoms with Crippen molar-refractivity contribution in [1.29, 1.82) is 0 Å². The van der Waals surface area contributed by atoms with Gasteiger partial charge >= 0.3 is 0 Å². The van der Waals surface area contributed by atoms with Crippen LogP contribution < -0.4 is 9.62 Å². The molecule has 0 fully saturated rings. The van der Waals surface area contributed by atoms with Crippen LogP contribution in [0.4, 0.5) is 5.69 Å². The van der Waals surface area contributed by atoms with Crippen molar-refractivity contribution < 1.29 is 18.0 Å². The Bertz CT molecular complexity index is 1100. The van der Waals surface area contributed by atoms with Crippen LogP contribution in [-0.2, 0) is 26.2 Å². The Morgan fingerprint density at radius 1 is 1.06 bits per heavy atom. The fourth-order valence-corrected chi connectivity index (χ4v) is 4.67. The number of para-hydroxylation sites is 1. The summed E-state index contributed by atoms with van der Waals surface area (Å²) in [7, 11) is -3.77. The van der Waals surface area contributed by atoms with Crippen molar-refractivity contribution in [3.8, 4) is 0 Å². The largest absolute Gasteiger partial charge is 0.350 e. The van der Waals surface area contributed by atoms with Gasteiger partial charge in [-0.05, 0) is 68.2 Å². The molecular weight excluding hydrogens is 506 g/mol. The first kappa shape index (κ1) is 26.9. The summed E-state index contributed by atoms with van der Waals surface area (Å²) < 4.78 is 26.8. The maximum Gasteiger partial charge on any atom is 0.244 e. The van der Waals surface area contributed by atoms with E-state index in [2.05, 4.69) is 21.2 Å². The van der Waals surface area contributed by atoms with Crippen LogP contribution in [0.1, 0.15) is 38.8 Å². The van der Waals surface area contributed by atoms with Crippen molar-refractivity contribution in [2.75, 3.05) is 17.1 Å². The summed E-state index contributed by atoms with van der Waals surface area (Å²) >= 11 is 3.37. The number of nitrogens with zero attached hydrogens (tertiary/aromatic N) is 2. The lowest BCUT2D eigenvalue weighted by atomic mass is 10.1. The van der Waals surface area contributed by atoms with E-state index in [9.17, 15) is 18.0 Å². The fraction of sp³-hybridized carbons (Fsp3) is 0.417. The first-order valence-electron chi connectivity index (χ1n) is 10.6. The molecule has 0 bridgehead atoms. The van der Waals surface area contributed by atoms with Gasteiger partial charge in [0.1, 0.15) is 12.6 Å². The molecule has 0 saturated carbocycles. The number of amides is 2. The van der Waals surface area contributed by atoms with Crippen LogP contribution in [0.15, 0.2) is 53.0 Å². The zero-order valence-electron chi connectivity index (χ0n) is 19.9. The second-order valence-corrected chi connectivity index (χ2v) is 11.9. The zero-order chi connectivity index (χ0) is 25.0. The minimum absolute atomic E-state index is 0.172. The van der Waals surface area contributed by atoms with Crippen molar-refractivity contribution in [3.63, 3.8) is 0 Å². The summed E-state index contributed by atoms with van der Waals surface area (Å²) in [6.45, 7) is 8.95. The Kier molecular flexibility index (Phi) is 8.70. The second-order valence-electron chi connectivity index (χ2n) is 9.14. The van der Waals surface area contributed by atoms with E-state index in [4.69, 9.17) is 0 Å². The van der Waals surface area contributed by atoms with Gasteiger partial charge in [0.25, 0.3) is 0 Å². The highest BCUT2D eigenvalue weighted by atomic mass is 79.9. The number of carbonyl (C=O) groups excluding carboxylic acids is 2. The summed E-state index contributed by atoms with van der Waals surface area (Å²) in [5.74, 6) is -0.789. The summed E-state index contributed by atoms with van der Waals surface area (Å²) in [5, 5.41) is 2.90. The maximum atomic E-state index is 13.5. The third-order valence-corrected chi connectivity index (χ3v) is 6.74. The average Bonchev–Trinajstić information content (AvgIpc) is 2.69. The Balaban J connectivity index is 2.41. The van der Waals surface area contributed by atoms with Gasteiger partial charge in [0.2, 0.25) is 21.8 Å². The van der Waals surface area contributed by atoms with Gasteiger partial charge in [-0.1, -0.05) is 42.0 Å². The molecule has 0 spiro atoms. The minimum atomic E-state index is -3.77. The van der Waals surface area contributed by atoms with Crippen molar-refractivity contribution in [1.82, 2.24) is 10.2 Å². The predicted octanol–water partition coefficient (Wildman–Crippen LogP) is 3.86. The van der Waals surface area contributed by atoms with Crippen LogP contribution in [0.25, 0.3) is 0 Å². The molecule has 0 aliphatic rings. The van der Waals surface area contributed by atoms with Crippen LogP contribution in [0.5, 0.6) is 0 Å². The van der Waals surface area contributed by atoms with Gasteiger partial charge in [0.05, 0.1) is 11.9 Å². The lowest BCUT2D eigenvalue weighted by Crippen LogP contribution is -2.54. The fourth-order valence-electron chi connectivity index (χ4n) is 3.20. The van der Waals surface area contributed by atoms with Crippen molar-refractivity contribution in [2.45, 2.75) is 52.7 Å². The highest BCUT2D eigenvalue weighted by Crippen LogP contribution is 2.28. The van der Waals surface area contributed by atoms with Gasteiger partial charge in [0, 0.05) is 16.6 Å². The Hall–Kier alpha value is -2.39. The smallest absolute Gasteiger partial charge is 0.244 e. The van der Waals surface area contributed by atoms with Crippen molar-refractivity contribution in [2.24, 2.45) is 0 Å². The molecule has 2 aromatic rings. The number of halogens is 1. The van der Waals surface area contributed by atoms with Gasteiger partial charge in [-0.15, -0.1) is 0 Å². The number of hydrogen-bond acceptors (Lipinski definition) is 4. The molecule has 0 aliphatic heterocycles. The summed E-state index contributed by atoms with van der Waals surface area (Å²) in [4.78, 5) is 27.8. The molecule has 2 amide bonds. The van der Waals surface area contributed by atoms with Crippen LogP contribution in [0, 0.1) is 6.92 Å². The molecule has 1 atom stereocenters. The first-order valence-corrected chi connectivity index (χ1v) is 13.2. The first-order chi connectivity index (χ1) is 15.2. The Morgan fingerprint density at radius 3 is 2.15 bits per heavy atom. The number of rotatable bonds is 8. The molecule has 7 nitrogen and oxygen atoms in total. The molecule has 0 saturated heterocycles. The number of anilines is 1. The Morgan fingerprint density at radius 2 is 1.64 bits per heavy atom. The van der Waals surface area contributed by atoms with E-state index in [0.717, 1.165) is 21.7 Å². The van der Waals surface area contributed by atoms with Gasteiger partial charge in [-0.2, -0.15) is 0 Å². The normalized spacial score (nSPS) is 12.7. The number of nitrogens with one attached hydrogen (secondary N) is 1. The molecule has 1 N–H and O–H groups in total. The van der Waals surface area contributed by atoms with E-state index in [0.29, 0.717) is 10.2 Å². The molecule has 0 aromatic heterocycles. The summed E-state index contributed by atoms with van der Waals surface area (Å²) in [5.41, 5.74) is 1.80. The number of carbonyl (C=O) groups is 2. The molecular formula is C24H32BrN3O4S. The van der Waals surface area contributed by atoms with Gasteiger partial charge < -0.3 is 10.2 Å². The monoisotopic (exact) mass is 537 g/mol. The molecule has 33 heavy (non-hydrogen) atoms. The van der Waals surface area contributed by atoms with E-state index in [1.807, 2.05) is 52.0 Å². The second kappa shape index (κ2) is 10.7. The van der Waals surface area contributed by atoms with Crippen molar-refractivity contribution >= 4 is 43.5 Å². The van der Waals surface area contributed by atoms with Gasteiger partial charge in [-0.25, -0.2) is 8.42 Å². The number of benzene rings is 2. The number of sulfonamides is 1. The average molecular weight is 539 g/mol. The summed E-state index contributed by atoms with van der Waals surface area (Å²) in [6.07, 6.45) is 1.06. The lowest BCUT2D eigenvalue weighted by molar-refractivity contribution is -0.140. The quantitative estimate of drug-likeness (QED) is 0.553. The topological polar surface area (TPSA) is 86.8 Å². The Labute approximate surface area is 205 Å². The third kappa shape index (κ3) is 7.85. The minimum Gasteiger partial charge on any atom is -0.350 e. The zero-order valence-corrected chi connectivity index (χ0v) is 22.3. The van der Waals surface area contributed by atoms with E-state index < -0.39 is 34.1 Å². The van der Waals surface area contributed by atoms with Gasteiger partial charge in [-0.3, -0.25) is 13.9 Å². The maximum absolute atomic E-state index is 13.5. The van der Waals surface area contributed by atoms with E-state index in [-0.39, 0.29) is 12.5 Å². The lowest BCUT2D eigenvalue weighted by Gasteiger charge is -2.33. The van der Waals surface area contributed by atoms with Crippen LogP contribution in [0.3, 0.4) is 0 Å². The van der Waals surface area contributed by atoms with Crippen LogP contribution in [-0.4, -0.2) is 49.5 Å². The number of hydrogen-bond donors (Lipinski definition) is 1. The van der Waals surface area contributed by atoms with Crippen molar-refractivity contribution in [3.05, 3.63) is 64.1 Å². The van der Waals surface area contributed by atoms with E-state index in [1.165, 1.54) is 4.90 Å². The van der Waals surface area contributed by atoms with E-state index >= 15 is 0 Å². The van der Waals surface area contributed by atoms with Gasteiger partial charge in [0.15, 0.2) is 0 Å². The predicted molar refractivity (Wildman–Crippen MR) is 135 cm³/mol. The molecule has 0 unspecified atom stereocenters. The third-order valence-electron chi connectivity index (χ3n) is 4.94. The molecule has 9 heteroatoms. The highest BCUT2D eigenvalue weighted by Gasteiger charge is 2.31. The molecule has 2 rings (SSSR count). The highest BCUT2D eigenvalue weighted by molar-refractivity contribution is 9.10. The van der Waals surface area contributed by atoms with Crippen LogP contribution >= 0.6 is 15.9 Å². The SMILES string of the molecule is Cc1ccc(CN(C(=O)CN(c2ccccc2Br)S(C)(=O)=O)[C@H](C)C(=O)NC(C)(C)C)cc1. The standard InChI is InChI=1S/C24H32BrN3O4S/c1-17-11-13-19(14-12-17)15-27(18(2)23(30)26-24(3,4)5)22(29)16-28(33(6,31)32)21-10-8-7-9-20(21)25/h7-14,18H,15-16H2,1-6H3,(H,26,30)/t18-/m1/s1. The van der Waals surface area contributed by atoms with Crippen LogP contribution in [0.2, 0.25) is 0 Å².